The molecule has 0 radical (unpaired) electrons. The van der Waals surface area contributed by atoms with Crippen LogP contribution in [0.25, 0.3) is 27.7 Å². The van der Waals surface area contributed by atoms with Crippen molar-refractivity contribution < 1.29 is 23.2 Å². The van der Waals surface area contributed by atoms with Crippen LogP contribution in [0, 0.1) is 11.6 Å². The van der Waals surface area contributed by atoms with Gasteiger partial charge in [0, 0.05) is 16.1 Å². The highest BCUT2D eigenvalue weighted by Gasteiger charge is 2.28. The molecule has 1 aromatic heterocycles. The van der Waals surface area contributed by atoms with Crippen LogP contribution in [0.3, 0.4) is 0 Å². The first-order chi connectivity index (χ1) is 13.5. The van der Waals surface area contributed by atoms with E-state index in [2.05, 4.69) is 0 Å². The third-order valence-electron chi connectivity index (χ3n) is 4.56. The van der Waals surface area contributed by atoms with E-state index < -0.39 is 11.6 Å². The smallest absolute Gasteiger partial charge is 0.372 e. The third kappa shape index (κ3) is 2.94. The molecule has 0 spiro atoms. The number of pyridine rings is 1. The Hall–Kier alpha value is -3.18. The number of halogens is 3. The van der Waals surface area contributed by atoms with Crippen molar-refractivity contribution in [3.05, 3.63) is 83.4 Å². The quantitative estimate of drug-likeness (QED) is 0.467. The zero-order chi connectivity index (χ0) is 19.8. The largest absolute Gasteiger partial charge is 0.496 e. The number of hydrogen-bond acceptors (Lipinski definition) is 2. The molecule has 0 saturated heterocycles. The van der Waals surface area contributed by atoms with Crippen LogP contribution >= 0.6 is 11.6 Å². The lowest BCUT2D eigenvalue weighted by Crippen LogP contribution is -2.34. The summed E-state index contributed by atoms with van der Waals surface area (Å²) in [6.07, 6.45) is 0. The van der Waals surface area contributed by atoms with Crippen LogP contribution in [0.15, 0.2) is 66.7 Å². The molecule has 4 rings (SSSR count). The molecule has 0 aliphatic heterocycles. The van der Waals surface area contributed by atoms with Crippen LogP contribution in [-0.2, 0) is 0 Å². The predicted octanol–water partition coefficient (Wildman–Crippen LogP) is 5.43. The first kappa shape index (κ1) is 18.2. The number of nitrogens with zero attached hydrogens (tertiary/aromatic N) is 1. The minimum atomic E-state index is -0.796. The van der Waals surface area contributed by atoms with Crippen LogP contribution in [0.1, 0.15) is 0 Å². The van der Waals surface area contributed by atoms with E-state index in [1.165, 1.54) is 19.2 Å². The SMILES string of the molecule is COc1cc(-c2ccccc2Cl)c2ccc(O)[n+](-c3c(F)cccc3F)c2c1. The molecular formula is C22H15ClF2NO2+. The number of rotatable bonds is 3. The van der Waals surface area contributed by atoms with Crippen LogP contribution in [0.5, 0.6) is 11.6 Å². The Bertz CT molecular complexity index is 1190. The second-order valence-corrected chi connectivity index (χ2v) is 6.59. The van der Waals surface area contributed by atoms with E-state index in [0.29, 0.717) is 27.2 Å². The van der Waals surface area contributed by atoms with Gasteiger partial charge in [0.1, 0.15) is 5.75 Å². The molecule has 4 aromatic rings. The van der Waals surface area contributed by atoms with Gasteiger partial charge in [-0.3, -0.25) is 0 Å². The lowest BCUT2D eigenvalue weighted by Gasteiger charge is -2.12. The highest BCUT2D eigenvalue weighted by Crippen LogP contribution is 2.36. The molecule has 0 amide bonds. The second-order valence-electron chi connectivity index (χ2n) is 6.18. The fourth-order valence-electron chi connectivity index (χ4n) is 3.29. The van der Waals surface area contributed by atoms with Gasteiger partial charge in [0.25, 0.3) is 5.69 Å². The first-order valence-electron chi connectivity index (χ1n) is 8.46. The number of aromatic nitrogens is 1. The number of aromatic hydroxyl groups is 1. The molecule has 3 nitrogen and oxygen atoms in total. The Kier molecular flexibility index (Phi) is 4.61. The minimum Gasteiger partial charge on any atom is -0.496 e. The summed E-state index contributed by atoms with van der Waals surface area (Å²) in [5.74, 6) is -1.45. The lowest BCUT2D eigenvalue weighted by atomic mass is 9.99. The average Bonchev–Trinajstić information content (AvgIpc) is 2.69. The Morgan fingerprint density at radius 3 is 2.29 bits per heavy atom. The molecule has 0 bridgehead atoms. The highest BCUT2D eigenvalue weighted by atomic mass is 35.5. The van der Waals surface area contributed by atoms with Crippen molar-refractivity contribution in [3.8, 4) is 28.4 Å². The number of hydrogen-bond donors (Lipinski definition) is 1. The van der Waals surface area contributed by atoms with Gasteiger partial charge in [-0.1, -0.05) is 35.9 Å². The zero-order valence-corrected chi connectivity index (χ0v) is 15.5. The van der Waals surface area contributed by atoms with Crippen molar-refractivity contribution in [2.75, 3.05) is 7.11 Å². The van der Waals surface area contributed by atoms with Crippen LogP contribution in [-0.4, -0.2) is 12.2 Å². The zero-order valence-electron chi connectivity index (χ0n) is 14.8. The van der Waals surface area contributed by atoms with Gasteiger partial charge in [0.2, 0.25) is 5.52 Å². The monoisotopic (exact) mass is 398 g/mol. The van der Waals surface area contributed by atoms with E-state index in [1.807, 2.05) is 18.2 Å². The van der Waals surface area contributed by atoms with Gasteiger partial charge in [-0.2, -0.15) is 8.78 Å². The summed E-state index contributed by atoms with van der Waals surface area (Å²) in [7, 11) is 1.49. The third-order valence-corrected chi connectivity index (χ3v) is 4.89. The maximum absolute atomic E-state index is 14.5. The van der Waals surface area contributed by atoms with Crippen molar-refractivity contribution in [2.45, 2.75) is 0 Å². The molecule has 0 aliphatic carbocycles. The summed E-state index contributed by atoms with van der Waals surface area (Å²) in [4.78, 5) is 0. The van der Waals surface area contributed by atoms with Crippen molar-refractivity contribution in [1.29, 1.82) is 0 Å². The van der Waals surface area contributed by atoms with Crippen molar-refractivity contribution in [1.82, 2.24) is 0 Å². The molecule has 3 aromatic carbocycles. The van der Waals surface area contributed by atoms with Crippen LogP contribution in [0.2, 0.25) is 5.02 Å². The van der Waals surface area contributed by atoms with E-state index in [-0.39, 0.29) is 11.6 Å². The topological polar surface area (TPSA) is 33.3 Å². The molecule has 28 heavy (non-hydrogen) atoms. The molecule has 0 fully saturated rings. The highest BCUT2D eigenvalue weighted by molar-refractivity contribution is 6.33. The number of benzene rings is 3. The van der Waals surface area contributed by atoms with Gasteiger partial charge in [-0.05, 0) is 30.3 Å². The summed E-state index contributed by atoms with van der Waals surface area (Å²) in [5, 5.41) is 11.6. The van der Waals surface area contributed by atoms with Crippen LogP contribution < -0.4 is 9.30 Å². The molecular weight excluding hydrogens is 384 g/mol. The molecule has 140 valence electrons. The summed E-state index contributed by atoms with van der Waals surface area (Å²) in [6, 6.07) is 17.3. The normalized spacial score (nSPS) is 11.0. The van der Waals surface area contributed by atoms with Crippen molar-refractivity contribution in [2.24, 2.45) is 0 Å². The molecule has 0 unspecified atom stereocenters. The van der Waals surface area contributed by atoms with Crippen molar-refractivity contribution in [3.63, 3.8) is 0 Å². The Labute approximate surface area is 165 Å². The van der Waals surface area contributed by atoms with E-state index in [4.69, 9.17) is 16.3 Å². The maximum atomic E-state index is 14.5. The molecule has 0 atom stereocenters. The second kappa shape index (κ2) is 7.09. The van der Waals surface area contributed by atoms with Gasteiger partial charge < -0.3 is 9.84 Å². The number of fused-ring (bicyclic) bond motifs is 1. The Morgan fingerprint density at radius 2 is 1.61 bits per heavy atom. The van der Waals surface area contributed by atoms with Gasteiger partial charge in [0.15, 0.2) is 11.6 Å². The predicted molar refractivity (Wildman–Crippen MR) is 104 cm³/mol. The fraction of sp³-hybridized carbons (Fsp3) is 0.0455. The van der Waals surface area contributed by atoms with E-state index in [0.717, 1.165) is 22.3 Å². The lowest BCUT2D eigenvalue weighted by molar-refractivity contribution is -0.580. The number of methoxy groups -OCH3 is 1. The molecule has 0 saturated carbocycles. The molecule has 1 N–H and O–H groups in total. The van der Waals surface area contributed by atoms with Crippen molar-refractivity contribution >= 4 is 22.5 Å². The summed E-state index contributed by atoms with van der Waals surface area (Å²) < 4.78 is 35.5. The van der Waals surface area contributed by atoms with Gasteiger partial charge in [0.05, 0.1) is 24.6 Å². The summed E-state index contributed by atoms with van der Waals surface area (Å²) in [5.41, 5.74) is 1.45. The maximum Gasteiger partial charge on any atom is 0.372 e. The number of para-hydroxylation sites is 1. The van der Waals surface area contributed by atoms with Gasteiger partial charge in [-0.15, -0.1) is 4.57 Å². The van der Waals surface area contributed by atoms with E-state index in [1.54, 1.807) is 24.3 Å². The Balaban J connectivity index is 2.16. The first-order valence-corrected chi connectivity index (χ1v) is 8.84. The van der Waals surface area contributed by atoms with Gasteiger partial charge in [-0.25, -0.2) is 0 Å². The van der Waals surface area contributed by atoms with Crippen LogP contribution in [0.4, 0.5) is 8.78 Å². The fourth-order valence-corrected chi connectivity index (χ4v) is 3.52. The summed E-state index contributed by atoms with van der Waals surface area (Å²) >= 11 is 6.38. The van der Waals surface area contributed by atoms with E-state index >= 15 is 0 Å². The summed E-state index contributed by atoms with van der Waals surface area (Å²) in [6.45, 7) is 0. The molecule has 0 aliphatic rings. The van der Waals surface area contributed by atoms with E-state index in [9.17, 15) is 13.9 Å². The molecule has 1 heterocycles. The molecule has 6 heteroatoms. The Morgan fingerprint density at radius 1 is 0.893 bits per heavy atom. The number of ether oxygens (including phenoxy) is 1. The average molecular weight is 399 g/mol. The van der Waals surface area contributed by atoms with Gasteiger partial charge >= 0.3 is 5.88 Å². The minimum absolute atomic E-state index is 0.310. The standard InChI is InChI=1S/C22H14ClF2NO2/c1-28-13-11-16(14-5-2-3-6-17(14)23)15-9-10-21(27)26(20(15)12-13)22-18(24)7-4-8-19(22)25/h2-12H,1H3/p+1.